The van der Waals surface area contributed by atoms with Gasteiger partial charge in [0, 0.05) is 16.1 Å². The van der Waals surface area contributed by atoms with Crippen LogP contribution in [0.3, 0.4) is 0 Å². The third-order valence-electron chi connectivity index (χ3n) is 3.94. The highest BCUT2D eigenvalue weighted by molar-refractivity contribution is 7.99. The Morgan fingerprint density at radius 1 is 0.897 bits per heavy atom. The molecule has 0 amide bonds. The summed E-state index contributed by atoms with van der Waals surface area (Å²) >= 11 is 0.462. The Balaban J connectivity index is 1.66. The first kappa shape index (κ1) is 20.5. The number of esters is 1. The van der Waals surface area contributed by atoms with Gasteiger partial charge in [-0.3, -0.25) is 4.79 Å². The molecule has 0 aliphatic heterocycles. The second kappa shape index (κ2) is 9.84. The number of Topliss-reactive ketones (excluding diaryl/α,β-unsaturated/α-hetero) is 1. The number of halogens is 2. The van der Waals surface area contributed by atoms with Crippen molar-refractivity contribution >= 4 is 34.9 Å². The molecular formula is C22H17F2NO3S. The van der Waals surface area contributed by atoms with Gasteiger partial charge in [-0.15, -0.1) is 0 Å². The van der Waals surface area contributed by atoms with Crippen LogP contribution in [0.2, 0.25) is 0 Å². The number of thioether (sulfide) groups is 1. The van der Waals surface area contributed by atoms with E-state index in [1.807, 2.05) is 0 Å². The Bertz CT molecular complexity index is 979. The predicted octanol–water partition coefficient (Wildman–Crippen LogP) is 5.78. The number of carbonyl (C=O) groups is 2. The number of hydrogen-bond acceptors (Lipinski definition) is 5. The molecular weight excluding hydrogens is 396 g/mol. The summed E-state index contributed by atoms with van der Waals surface area (Å²) in [7, 11) is 0. The number of rotatable bonds is 8. The fraction of sp³-hybridized carbons (Fsp3) is 0.0909. The number of benzene rings is 3. The number of anilines is 2. The number of carbonyl (C=O) groups excluding carboxylic acids is 2. The standard InChI is InChI=1S/C22H17F2NO3S/c23-22(24)29-17-12-10-16(11-13-17)25-19-9-5-4-8-18(19)21(27)28-14-20(26)15-6-2-1-3-7-15/h1-13,22,25H,14H2. The quantitative estimate of drug-likeness (QED) is 0.288. The molecule has 1 N–H and O–H groups in total. The zero-order valence-electron chi connectivity index (χ0n) is 15.2. The van der Waals surface area contributed by atoms with Gasteiger partial charge in [-0.1, -0.05) is 54.2 Å². The van der Waals surface area contributed by atoms with Crippen molar-refractivity contribution in [3.05, 3.63) is 90.0 Å². The van der Waals surface area contributed by atoms with Gasteiger partial charge >= 0.3 is 5.97 Å². The number of ketones is 1. The van der Waals surface area contributed by atoms with Crippen LogP contribution >= 0.6 is 11.8 Å². The maximum atomic E-state index is 12.5. The summed E-state index contributed by atoms with van der Waals surface area (Å²) in [5.41, 5.74) is 1.84. The summed E-state index contributed by atoms with van der Waals surface area (Å²) in [6.45, 7) is -0.364. The molecule has 0 unspecified atom stereocenters. The molecule has 0 spiro atoms. The molecule has 3 aromatic rings. The predicted molar refractivity (Wildman–Crippen MR) is 109 cm³/mol. The second-order valence-electron chi connectivity index (χ2n) is 5.94. The van der Waals surface area contributed by atoms with Crippen LogP contribution in [0, 0.1) is 0 Å². The minimum absolute atomic E-state index is 0.263. The number of nitrogens with one attached hydrogen (secondary N) is 1. The van der Waals surface area contributed by atoms with E-state index in [0.717, 1.165) is 0 Å². The van der Waals surface area contributed by atoms with E-state index < -0.39 is 11.7 Å². The normalized spacial score (nSPS) is 10.6. The van der Waals surface area contributed by atoms with Crippen LogP contribution in [0.25, 0.3) is 0 Å². The minimum Gasteiger partial charge on any atom is -0.454 e. The molecule has 0 fully saturated rings. The number of para-hydroxylation sites is 1. The van der Waals surface area contributed by atoms with Crippen LogP contribution in [0.5, 0.6) is 0 Å². The highest BCUT2D eigenvalue weighted by Gasteiger charge is 2.15. The van der Waals surface area contributed by atoms with E-state index in [2.05, 4.69) is 5.32 Å². The van der Waals surface area contributed by atoms with Crippen LogP contribution < -0.4 is 5.32 Å². The first-order valence-corrected chi connectivity index (χ1v) is 9.57. The van der Waals surface area contributed by atoms with Gasteiger partial charge in [0.2, 0.25) is 0 Å². The zero-order valence-corrected chi connectivity index (χ0v) is 16.0. The summed E-state index contributed by atoms with van der Waals surface area (Å²) in [5.74, 6) is -3.42. The van der Waals surface area contributed by atoms with E-state index in [9.17, 15) is 18.4 Å². The lowest BCUT2D eigenvalue weighted by Crippen LogP contribution is -2.15. The van der Waals surface area contributed by atoms with Crippen LogP contribution in [0.1, 0.15) is 20.7 Å². The summed E-state index contributed by atoms with van der Waals surface area (Å²) in [6, 6.07) is 21.7. The third kappa shape index (κ3) is 5.89. The number of ether oxygens (including phenoxy) is 1. The lowest BCUT2D eigenvalue weighted by atomic mass is 10.1. The number of hydrogen-bond donors (Lipinski definition) is 1. The first-order chi connectivity index (χ1) is 14.0. The lowest BCUT2D eigenvalue weighted by Gasteiger charge is -2.12. The molecule has 0 aliphatic carbocycles. The Morgan fingerprint density at radius 3 is 2.24 bits per heavy atom. The third-order valence-corrected chi connectivity index (χ3v) is 4.66. The Hall–Kier alpha value is -3.19. The van der Waals surface area contributed by atoms with Gasteiger partial charge in [-0.25, -0.2) is 4.79 Å². The van der Waals surface area contributed by atoms with E-state index >= 15 is 0 Å². The van der Waals surface area contributed by atoms with Gasteiger partial charge in [-0.2, -0.15) is 8.78 Å². The van der Waals surface area contributed by atoms with Gasteiger partial charge in [0.1, 0.15) is 0 Å². The average molecular weight is 413 g/mol. The molecule has 0 aliphatic rings. The van der Waals surface area contributed by atoms with Crippen LogP contribution in [0.15, 0.2) is 83.8 Å². The Labute approximate surface area is 170 Å². The lowest BCUT2D eigenvalue weighted by molar-refractivity contribution is 0.0475. The average Bonchev–Trinajstić information content (AvgIpc) is 2.74. The van der Waals surface area contributed by atoms with Crippen molar-refractivity contribution in [2.75, 3.05) is 11.9 Å². The summed E-state index contributed by atoms with van der Waals surface area (Å²) < 4.78 is 30.0. The summed E-state index contributed by atoms with van der Waals surface area (Å²) in [6.07, 6.45) is 0. The fourth-order valence-electron chi connectivity index (χ4n) is 2.56. The van der Waals surface area contributed by atoms with Crippen molar-refractivity contribution in [2.24, 2.45) is 0 Å². The topological polar surface area (TPSA) is 55.4 Å². The van der Waals surface area contributed by atoms with Crippen molar-refractivity contribution in [1.82, 2.24) is 0 Å². The minimum atomic E-state index is -2.48. The van der Waals surface area contributed by atoms with Gasteiger partial charge in [0.05, 0.1) is 11.3 Å². The molecule has 0 saturated carbocycles. The van der Waals surface area contributed by atoms with Crippen LogP contribution in [-0.2, 0) is 4.74 Å². The molecule has 148 valence electrons. The van der Waals surface area contributed by atoms with E-state index in [-0.39, 0.29) is 18.0 Å². The monoisotopic (exact) mass is 413 g/mol. The van der Waals surface area contributed by atoms with E-state index in [4.69, 9.17) is 4.74 Å². The maximum Gasteiger partial charge on any atom is 0.340 e. The van der Waals surface area contributed by atoms with E-state index in [0.29, 0.717) is 33.6 Å². The van der Waals surface area contributed by atoms with Crippen LogP contribution in [-0.4, -0.2) is 24.1 Å². The van der Waals surface area contributed by atoms with Crippen molar-refractivity contribution < 1.29 is 23.1 Å². The van der Waals surface area contributed by atoms with Crippen LogP contribution in [0.4, 0.5) is 20.2 Å². The Morgan fingerprint density at radius 2 is 1.55 bits per heavy atom. The molecule has 4 nitrogen and oxygen atoms in total. The molecule has 0 saturated heterocycles. The van der Waals surface area contributed by atoms with Gasteiger partial charge in [0.15, 0.2) is 12.4 Å². The van der Waals surface area contributed by atoms with Crippen molar-refractivity contribution in [2.45, 2.75) is 10.7 Å². The molecule has 0 aromatic heterocycles. The molecule has 7 heteroatoms. The molecule has 0 radical (unpaired) electrons. The molecule has 29 heavy (non-hydrogen) atoms. The zero-order chi connectivity index (χ0) is 20.6. The SMILES string of the molecule is O=C(COC(=O)c1ccccc1Nc1ccc(SC(F)F)cc1)c1ccccc1. The molecule has 3 rings (SSSR count). The summed E-state index contributed by atoms with van der Waals surface area (Å²) in [5, 5.41) is 3.07. The van der Waals surface area contributed by atoms with E-state index in [1.54, 1.807) is 78.9 Å². The van der Waals surface area contributed by atoms with Crippen molar-refractivity contribution in [1.29, 1.82) is 0 Å². The van der Waals surface area contributed by atoms with Crippen molar-refractivity contribution in [3.63, 3.8) is 0 Å². The second-order valence-corrected chi connectivity index (χ2v) is 7.00. The summed E-state index contributed by atoms with van der Waals surface area (Å²) in [4.78, 5) is 25.0. The smallest absolute Gasteiger partial charge is 0.340 e. The molecule has 0 heterocycles. The van der Waals surface area contributed by atoms with Gasteiger partial charge in [0.25, 0.3) is 5.76 Å². The molecule has 0 bridgehead atoms. The maximum absolute atomic E-state index is 12.5. The number of alkyl halides is 2. The van der Waals surface area contributed by atoms with E-state index in [1.165, 1.54) is 0 Å². The molecule has 3 aromatic carbocycles. The van der Waals surface area contributed by atoms with Crippen molar-refractivity contribution in [3.8, 4) is 0 Å². The van der Waals surface area contributed by atoms with Gasteiger partial charge < -0.3 is 10.1 Å². The Kier molecular flexibility index (Phi) is 6.97. The van der Waals surface area contributed by atoms with Gasteiger partial charge in [-0.05, 0) is 36.4 Å². The molecule has 0 atom stereocenters. The fourth-order valence-corrected chi connectivity index (χ4v) is 3.06. The largest absolute Gasteiger partial charge is 0.454 e. The highest BCUT2D eigenvalue weighted by Crippen LogP contribution is 2.28. The first-order valence-electron chi connectivity index (χ1n) is 8.69. The highest BCUT2D eigenvalue weighted by atomic mass is 32.2.